The minimum absolute atomic E-state index is 0.0180. The molecule has 3 aliphatic heterocycles. The topological polar surface area (TPSA) is 270 Å². The van der Waals surface area contributed by atoms with Crippen LogP contribution in [0.2, 0.25) is 5.02 Å². The molecule has 0 aromatic heterocycles. The van der Waals surface area contributed by atoms with Crippen LogP contribution in [0.25, 0.3) is 0 Å². The summed E-state index contributed by atoms with van der Waals surface area (Å²) in [7, 11) is 10.1. The Hall–Kier alpha value is -7.06. The molecule has 104 heavy (non-hydrogen) atoms. The van der Waals surface area contributed by atoms with E-state index in [1.54, 1.807) is 18.7 Å². The Kier molecular flexibility index (Phi) is 30.3. The number of likely N-dealkylation sites (N-methyl/N-ethyl adjacent to an activating group) is 7. The quantitative estimate of drug-likeness (QED) is 0.172. The average molecular weight is 1480 g/mol. The van der Waals surface area contributed by atoms with E-state index in [1.165, 1.54) is 96.6 Å². The number of fused-ring (bicyclic) bond motifs is 1. The summed E-state index contributed by atoms with van der Waals surface area (Å²) in [6, 6.07) is -7.90. The van der Waals surface area contributed by atoms with E-state index in [0.29, 0.717) is 70.0 Å². The third-order valence-corrected chi connectivity index (χ3v) is 23.8. The molecule has 582 valence electrons. The number of nitrogens with zero attached hydrogens (tertiary/aromatic N) is 9. The van der Waals surface area contributed by atoms with Crippen LogP contribution in [-0.4, -0.2) is 250 Å². The van der Waals surface area contributed by atoms with Crippen molar-refractivity contribution in [2.24, 2.45) is 23.7 Å². The Labute approximate surface area is 618 Å². The van der Waals surface area contributed by atoms with Crippen molar-refractivity contribution in [3.8, 4) is 0 Å². The number of carbonyl (C=O) groups is 12. The molecule has 1 spiro atoms. The normalized spacial score (nSPS) is 27.7. The number of nitrogens with one attached hydrogen (secondary N) is 3. The SMILES string of the molecule is CCC[C@H]1C(=O)NC2(CCCC2)C(=O)N(C)[C@@H](C2CCCCC2)C(=O)N(C)[C@H](C(=O)N2CCCCC2)CC(=O)N(C)[C@@H](CC(C)C)C(=O)N[C@@H]([C@@H](C)CC)C(=O)N(C)[C@@H](C)C(=O)N2CC[C@H]2C(=O)N(C)[C@@H](CC2CCCCC2)C(=O)N(C)CC(=O)N[C@@H](CCc2ccc(C(F)(F)F)c(Cl)c2)C(=O)N1C. The van der Waals surface area contributed by atoms with E-state index in [1.807, 2.05) is 20.8 Å². The van der Waals surface area contributed by atoms with Crippen LogP contribution in [-0.2, 0) is 70.1 Å². The van der Waals surface area contributed by atoms with Gasteiger partial charge in [0, 0.05) is 69.0 Å². The van der Waals surface area contributed by atoms with Gasteiger partial charge in [0.25, 0.3) is 0 Å². The van der Waals surface area contributed by atoms with Gasteiger partial charge in [0.15, 0.2) is 0 Å². The highest BCUT2D eigenvalue weighted by Gasteiger charge is 2.52. The van der Waals surface area contributed by atoms with Crippen molar-refractivity contribution in [3.63, 3.8) is 0 Å². The fraction of sp³-hybridized carbons (Fsp3) is 0.763. The minimum Gasteiger partial charge on any atom is -0.343 e. The number of rotatable bonds is 13. The van der Waals surface area contributed by atoms with Crippen LogP contribution >= 0.6 is 11.6 Å². The summed E-state index contributed by atoms with van der Waals surface area (Å²) in [6.45, 7) is 11.0. The maximum absolute atomic E-state index is 15.9. The van der Waals surface area contributed by atoms with Gasteiger partial charge in [-0.2, -0.15) is 13.2 Å². The Morgan fingerprint density at radius 3 is 1.80 bits per heavy atom. The maximum atomic E-state index is 15.9. The van der Waals surface area contributed by atoms with Crippen molar-refractivity contribution in [3.05, 3.63) is 34.3 Å². The van der Waals surface area contributed by atoms with Gasteiger partial charge in [-0.3, -0.25) is 57.5 Å². The lowest BCUT2D eigenvalue weighted by Crippen LogP contribution is -2.65. The van der Waals surface area contributed by atoms with Gasteiger partial charge in [-0.1, -0.05) is 129 Å². The summed E-state index contributed by atoms with van der Waals surface area (Å²) in [5.74, 6) is -8.63. The largest absolute Gasteiger partial charge is 0.417 e. The molecule has 0 radical (unpaired) electrons. The van der Waals surface area contributed by atoms with Crippen molar-refractivity contribution >= 4 is 82.5 Å². The summed E-state index contributed by atoms with van der Waals surface area (Å²) in [5.41, 5.74) is -2.38. The number of hydrogen-bond donors (Lipinski definition) is 3. The van der Waals surface area contributed by atoms with Gasteiger partial charge in [0.05, 0.1) is 23.6 Å². The number of likely N-dealkylation sites (tertiary alicyclic amines) is 1. The Bertz CT molecular complexity index is 3230. The van der Waals surface area contributed by atoms with Crippen molar-refractivity contribution in [2.75, 3.05) is 75.5 Å². The monoisotopic (exact) mass is 1480 g/mol. The molecule has 3 N–H and O–H groups in total. The first-order valence-electron chi connectivity index (χ1n) is 38.3. The molecule has 0 unspecified atom stereocenters. The summed E-state index contributed by atoms with van der Waals surface area (Å²) in [6.07, 6.45) is 7.16. The van der Waals surface area contributed by atoms with Crippen LogP contribution in [0.5, 0.6) is 0 Å². The van der Waals surface area contributed by atoms with E-state index in [0.717, 1.165) is 74.8 Å². The van der Waals surface area contributed by atoms with Crippen LogP contribution in [0.15, 0.2) is 18.2 Å². The second-order valence-electron chi connectivity index (χ2n) is 31.2. The molecule has 3 heterocycles. The molecule has 6 fully saturated rings. The summed E-state index contributed by atoms with van der Waals surface area (Å²) in [4.78, 5) is 194. The first kappa shape index (κ1) is 84.2. The fourth-order valence-corrected chi connectivity index (χ4v) is 16.7. The Morgan fingerprint density at radius 2 is 1.23 bits per heavy atom. The van der Waals surface area contributed by atoms with Gasteiger partial charge in [0.2, 0.25) is 70.9 Å². The summed E-state index contributed by atoms with van der Waals surface area (Å²) in [5, 5.41) is 8.24. The van der Waals surface area contributed by atoms with Crippen molar-refractivity contribution < 1.29 is 70.7 Å². The molecule has 1 aromatic carbocycles. The number of carbonyl (C=O) groups excluding carboxylic acids is 12. The average Bonchev–Trinajstić information content (AvgIpc) is 1.55. The van der Waals surface area contributed by atoms with E-state index >= 15 is 38.4 Å². The van der Waals surface area contributed by atoms with Crippen molar-refractivity contribution in [1.29, 1.82) is 0 Å². The van der Waals surface area contributed by atoms with Crippen LogP contribution in [0.3, 0.4) is 0 Å². The fourth-order valence-electron chi connectivity index (χ4n) is 16.4. The highest BCUT2D eigenvalue weighted by atomic mass is 35.5. The third kappa shape index (κ3) is 20.3. The van der Waals surface area contributed by atoms with Gasteiger partial charge in [-0.25, -0.2) is 0 Å². The number of piperidine rings is 1. The standard InChI is InChI=1S/C76H118ClF3N12O12/c1-14-27-56-66(96)83-75(37-23-24-38-75)74(104)90(13)64(52-30-21-17-22-31-52)73(103)89(12)60(71(101)91-39-25-18-26-40-91)45-62(94)86(9)58(42-47(3)4)65(95)82-63(48(5)15-2)72(102)85(8)49(6)67(97)92-41-36-57(92)70(100)88(11)59(44-50-28-19-16-20-29-50)69(99)84(7)46-61(93)81-55(68(98)87(56)10)35-33-51-32-34-53(54(77)43-51)76(78,79)80/h32,34,43,47-50,52,55-60,63-64H,14-31,33,35-42,44-46H2,1-13H3,(H,81,93)(H,82,95)(H,83,96)/t48-,49-,55-,56-,57-,58-,59-,60-,63-,64-/m0/s1. The third-order valence-electron chi connectivity index (χ3n) is 23.5. The van der Waals surface area contributed by atoms with Crippen LogP contribution in [0.4, 0.5) is 13.2 Å². The minimum atomic E-state index is -4.77. The summed E-state index contributed by atoms with van der Waals surface area (Å²) < 4.78 is 41.8. The molecule has 6 aliphatic rings. The lowest BCUT2D eigenvalue weighted by Gasteiger charge is -2.45. The molecule has 7 rings (SSSR count). The van der Waals surface area contributed by atoms with E-state index in [9.17, 15) is 32.3 Å². The second-order valence-corrected chi connectivity index (χ2v) is 31.6. The number of benzene rings is 1. The van der Waals surface area contributed by atoms with E-state index in [-0.39, 0.29) is 69.7 Å². The molecule has 28 heteroatoms. The smallest absolute Gasteiger partial charge is 0.343 e. The number of alkyl halides is 3. The number of amides is 12. The zero-order valence-corrected chi connectivity index (χ0v) is 64.6. The first-order chi connectivity index (χ1) is 49.1. The number of hydrogen-bond acceptors (Lipinski definition) is 12. The predicted octanol–water partition coefficient (Wildman–Crippen LogP) is 7.59. The Morgan fingerprint density at radius 1 is 0.625 bits per heavy atom. The van der Waals surface area contributed by atoms with Gasteiger partial charge in [-0.15, -0.1) is 0 Å². The maximum Gasteiger partial charge on any atom is 0.417 e. The molecule has 3 saturated heterocycles. The molecular formula is C76H118ClF3N12O12. The van der Waals surface area contributed by atoms with Gasteiger partial charge < -0.3 is 60.0 Å². The molecule has 10 atom stereocenters. The lowest BCUT2D eigenvalue weighted by molar-refractivity contribution is -0.160. The first-order valence-corrected chi connectivity index (χ1v) is 38.7. The van der Waals surface area contributed by atoms with Gasteiger partial charge in [0.1, 0.15) is 59.9 Å². The highest BCUT2D eigenvalue weighted by molar-refractivity contribution is 6.31. The lowest BCUT2D eigenvalue weighted by atomic mass is 9.81. The molecule has 24 nitrogen and oxygen atoms in total. The zero-order chi connectivity index (χ0) is 76.8. The number of halogens is 4. The van der Waals surface area contributed by atoms with Crippen LogP contribution in [0, 0.1) is 23.7 Å². The molecule has 1 aromatic rings. The van der Waals surface area contributed by atoms with Gasteiger partial charge in [-0.05, 0) is 132 Å². The van der Waals surface area contributed by atoms with Crippen molar-refractivity contribution in [2.45, 2.75) is 275 Å². The Balaban J connectivity index is 1.32. The van der Waals surface area contributed by atoms with Gasteiger partial charge >= 0.3 is 6.18 Å². The zero-order valence-electron chi connectivity index (χ0n) is 63.9. The molecule has 12 amide bonds. The van der Waals surface area contributed by atoms with E-state index in [4.69, 9.17) is 11.6 Å². The molecular weight excluding hydrogens is 1370 g/mol. The predicted molar refractivity (Wildman–Crippen MR) is 387 cm³/mol. The van der Waals surface area contributed by atoms with E-state index < -0.39 is 172 Å². The van der Waals surface area contributed by atoms with E-state index in [2.05, 4.69) is 16.0 Å². The highest BCUT2D eigenvalue weighted by Crippen LogP contribution is 2.39. The van der Waals surface area contributed by atoms with Crippen molar-refractivity contribution in [1.82, 2.24) is 60.0 Å². The van der Waals surface area contributed by atoms with Crippen LogP contribution < -0.4 is 16.0 Å². The molecule has 0 bridgehead atoms. The number of aryl methyl sites for hydroxylation is 1. The second kappa shape index (κ2) is 37.5. The summed E-state index contributed by atoms with van der Waals surface area (Å²) >= 11 is 6.19. The van der Waals surface area contributed by atoms with Crippen LogP contribution in [0.1, 0.15) is 213 Å². The molecule has 3 saturated carbocycles. The molecule has 3 aliphatic carbocycles.